The third-order valence-electron chi connectivity index (χ3n) is 3.76. The Morgan fingerprint density at radius 1 is 0.950 bits per heavy atom. The van der Waals surface area contributed by atoms with E-state index < -0.39 is 0 Å². The van der Waals surface area contributed by atoms with Crippen molar-refractivity contribution in [3.63, 3.8) is 0 Å². The van der Waals surface area contributed by atoms with Crippen LogP contribution in [-0.2, 0) is 6.42 Å². The van der Waals surface area contributed by atoms with Crippen LogP contribution in [0.2, 0.25) is 0 Å². The molecule has 2 rings (SSSR count). The first kappa shape index (κ1) is 15.3. The summed E-state index contributed by atoms with van der Waals surface area (Å²) >= 11 is 3.62. The Morgan fingerprint density at radius 3 is 2.20 bits per heavy atom. The van der Waals surface area contributed by atoms with Crippen molar-refractivity contribution in [1.82, 2.24) is 5.32 Å². The minimum atomic E-state index is 0.312. The second-order valence-electron chi connectivity index (χ2n) is 5.23. The molecule has 0 aliphatic rings. The van der Waals surface area contributed by atoms with E-state index in [1.807, 2.05) is 6.07 Å². The van der Waals surface area contributed by atoms with Gasteiger partial charge in [0.25, 0.3) is 0 Å². The van der Waals surface area contributed by atoms with Gasteiger partial charge in [-0.3, -0.25) is 0 Å². The Labute approximate surface area is 130 Å². The molecule has 0 amide bonds. The Hall–Kier alpha value is -1.12. The highest BCUT2D eigenvalue weighted by molar-refractivity contribution is 9.10. The van der Waals surface area contributed by atoms with E-state index in [-0.39, 0.29) is 0 Å². The van der Waals surface area contributed by atoms with E-state index in [1.165, 1.54) is 16.7 Å². The van der Waals surface area contributed by atoms with Crippen LogP contribution in [0.15, 0.2) is 53.0 Å². The van der Waals surface area contributed by atoms with E-state index >= 15 is 0 Å². The molecule has 0 aromatic heterocycles. The number of aryl methyl sites for hydroxylation is 1. The molecule has 0 spiro atoms. The lowest BCUT2D eigenvalue weighted by molar-refractivity contribution is 0.493. The van der Waals surface area contributed by atoms with E-state index in [0.717, 1.165) is 10.9 Å². The van der Waals surface area contributed by atoms with Gasteiger partial charge in [0.1, 0.15) is 0 Å². The van der Waals surface area contributed by atoms with Crippen LogP contribution in [0.3, 0.4) is 0 Å². The first-order chi connectivity index (χ1) is 9.61. The fourth-order valence-corrected chi connectivity index (χ4v) is 3.06. The van der Waals surface area contributed by atoms with Crippen LogP contribution in [0.5, 0.6) is 0 Å². The molecule has 1 unspecified atom stereocenters. The number of nitrogens with one attached hydrogen (secondary N) is 1. The van der Waals surface area contributed by atoms with Crippen molar-refractivity contribution in [3.05, 3.63) is 69.7 Å². The highest BCUT2D eigenvalue weighted by atomic mass is 79.9. The number of halogens is 1. The monoisotopic (exact) mass is 331 g/mol. The molecular formula is C18H22BrN. The van der Waals surface area contributed by atoms with Gasteiger partial charge in [-0.2, -0.15) is 0 Å². The third kappa shape index (κ3) is 3.71. The molecule has 1 N–H and O–H groups in total. The zero-order chi connectivity index (χ0) is 14.5. The van der Waals surface area contributed by atoms with E-state index in [1.54, 1.807) is 0 Å². The van der Waals surface area contributed by atoms with E-state index in [4.69, 9.17) is 0 Å². The molecule has 2 aromatic carbocycles. The zero-order valence-corrected chi connectivity index (χ0v) is 13.9. The lowest BCUT2D eigenvalue weighted by atomic mass is 10.0. The molecule has 2 heteroatoms. The van der Waals surface area contributed by atoms with Gasteiger partial charge in [-0.15, -0.1) is 0 Å². The van der Waals surface area contributed by atoms with E-state index in [2.05, 4.69) is 84.5 Å². The average molecular weight is 332 g/mol. The van der Waals surface area contributed by atoms with Crippen LogP contribution in [0.4, 0.5) is 0 Å². The molecular weight excluding hydrogens is 310 g/mol. The summed E-state index contributed by atoms with van der Waals surface area (Å²) < 4.78 is 1.16. The SMILES string of the molecule is CCc1ccc(C(C)N[C@H](C)c2ccccc2Br)cc1. The highest BCUT2D eigenvalue weighted by Gasteiger charge is 2.12. The minimum Gasteiger partial charge on any atom is -0.304 e. The van der Waals surface area contributed by atoms with Crippen molar-refractivity contribution in [2.75, 3.05) is 0 Å². The van der Waals surface area contributed by atoms with Crippen molar-refractivity contribution in [1.29, 1.82) is 0 Å². The number of rotatable bonds is 5. The summed E-state index contributed by atoms with van der Waals surface area (Å²) in [7, 11) is 0. The lowest BCUT2D eigenvalue weighted by Crippen LogP contribution is -2.22. The molecule has 2 atom stereocenters. The van der Waals surface area contributed by atoms with Gasteiger partial charge in [0.05, 0.1) is 0 Å². The van der Waals surface area contributed by atoms with Gasteiger partial charge in [-0.05, 0) is 43.0 Å². The standard InChI is InChI=1S/C18H22BrN/c1-4-15-9-11-16(12-10-15)13(2)20-14(3)17-7-5-6-8-18(17)19/h5-14,20H,4H2,1-3H3/t13?,14-/m1/s1. The Kier molecular flexibility index (Phi) is 5.38. The minimum absolute atomic E-state index is 0.312. The summed E-state index contributed by atoms with van der Waals surface area (Å²) in [4.78, 5) is 0. The second kappa shape index (κ2) is 7.05. The summed E-state index contributed by atoms with van der Waals surface area (Å²) in [6.45, 7) is 6.61. The van der Waals surface area contributed by atoms with E-state index in [0.29, 0.717) is 12.1 Å². The molecule has 0 radical (unpaired) electrons. The maximum absolute atomic E-state index is 3.66. The fourth-order valence-electron chi connectivity index (χ4n) is 2.43. The van der Waals surface area contributed by atoms with Gasteiger partial charge < -0.3 is 5.32 Å². The highest BCUT2D eigenvalue weighted by Crippen LogP contribution is 2.25. The van der Waals surface area contributed by atoms with Gasteiger partial charge >= 0.3 is 0 Å². The van der Waals surface area contributed by atoms with Crippen molar-refractivity contribution < 1.29 is 0 Å². The first-order valence-corrected chi connectivity index (χ1v) is 8.00. The maximum Gasteiger partial charge on any atom is 0.0308 e. The van der Waals surface area contributed by atoms with Crippen LogP contribution in [0.1, 0.15) is 49.5 Å². The van der Waals surface area contributed by atoms with Crippen LogP contribution in [0.25, 0.3) is 0 Å². The predicted molar refractivity (Wildman–Crippen MR) is 89.9 cm³/mol. The summed E-state index contributed by atoms with van der Waals surface area (Å²) in [5.41, 5.74) is 4.02. The molecule has 0 fully saturated rings. The molecule has 0 bridgehead atoms. The van der Waals surface area contributed by atoms with Crippen LogP contribution in [-0.4, -0.2) is 0 Å². The molecule has 0 aliphatic carbocycles. The second-order valence-corrected chi connectivity index (χ2v) is 6.08. The summed E-state index contributed by atoms with van der Waals surface area (Å²) in [6, 6.07) is 17.9. The molecule has 0 saturated carbocycles. The van der Waals surface area contributed by atoms with Crippen molar-refractivity contribution in [2.24, 2.45) is 0 Å². The van der Waals surface area contributed by atoms with Crippen molar-refractivity contribution in [3.8, 4) is 0 Å². The smallest absolute Gasteiger partial charge is 0.0308 e. The predicted octanol–water partition coefficient (Wildman–Crippen LogP) is 5.42. The molecule has 106 valence electrons. The quantitative estimate of drug-likeness (QED) is 0.770. The molecule has 20 heavy (non-hydrogen) atoms. The van der Waals surface area contributed by atoms with Gasteiger partial charge in [-0.25, -0.2) is 0 Å². The van der Waals surface area contributed by atoms with E-state index in [9.17, 15) is 0 Å². The molecule has 0 heterocycles. The number of benzene rings is 2. The van der Waals surface area contributed by atoms with Gasteiger partial charge in [0.2, 0.25) is 0 Å². The largest absolute Gasteiger partial charge is 0.304 e. The molecule has 0 aliphatic heterocycles. The lowest BCUT2D eigenvalue weighted by Gasteiger charge is -2.22. The normalized spacial score (nSPS) is 14.0. The van der Waals surface area contributed by atoms with Crippen molar-refractivity contribution in [2.45, 2.75) is 39.3 Å². The molecule has 1 nitrogen and oxygen atoms in total. The Bertz CT molecular complexity index is 548. The fraction of sp³-hybridized carbons (Fsp3) is 0.333. The molecule has 0 saturated heterocycles. The molecule has 2 aromatic rings. The Balaban J connectivity index is 2.06. The first-order valence-electron chi connectivity index (χ1n) is 7.21. The maximum atomic E-state index is 3.66. The third-order valence-corrected chi connectivity index (χ3v) is 4.48. The van der Waals surface area contributed by atoms with Gasteiger partial charge in [-0.1, -0.05) is 65.3 Å². The van der Waals surface area contributed by atoms with Crippen molar-refractivity contribution >= 4 is 15.9 Å². The van der Waals surface area contributed by atoms with Crippen LogP contribution < -0.4 is 5.32 Å². The average Bonchev–Trinajstić information content (AvgIpc) is 2.47. The zero-order valence-electron chi connectivity index (χ0n) is 12.4. The summed E-state index contributed by atoms with van der Waals surface area (Å²) in [5, 5.41) is 3.66. The summed E-state index contributed by atoms with van der Waals surface area (Å²) in [5.74, 6) is 0. The Morgan fingerprint density at radius 2 is 1.60 bits per heavy atom. The van der Waals surface area contributed by atoms with Crippen LogP contribution in [0, 0.1) is 0 Å². The number of hydrogen-bond acceptors (Lipinski definition) is 1. The summed E-state index contributed by atoms with van der Waals surface area (Å²) in [6.07, 6.45) is 1.09. The van der Waals surface area contributed by atoms with Crippen LogP contribution >= 0.6 is 15.9 Å². The van der Waals surface area contributed by atoms with Gasteiger partial charge in [0.15, 0.2) is 0 Å². The topological polar surface area (TPSA) is 12.0 Å². The van der Waals surface area contributed by atoms with Gasteiger partial charge in [0, 0.05) is 16.6 Å². The number of hydrogen-bond donors (Lipinski definition) is 1.